The molecule has 1 aliphatic rings. The van der Waals surface area contributed by atoms with Gasteiger partial charge in [0, 0.05) is 18.3 Å². The van der Waals surface area contributed by atoms with Crippen LogP contribution < -0.4 is 16.8 Å². The first kappa shape index (κ1) is 22.9. The van der Waals surface area contributed by atoms with Crippen LogP contribution in [0.5, 0.6) is 0 Å². The first-order valence-corrected chi connectivity index (χ1v) is 10.6. The summed E-state index contributed by atoms with van der Waals surface area (Å²) in [6, 6.07) is 6.81. The van der Waals surface area contributed by atoms with Crippen LogP contribution >= 0.6 is 0 Å². The van der Waals surface area contributed by atoms with Gasteiger partial charge in [-0.3, -0.25) is 9.78 Å². The number of carbonyl (C=O) groups is 1. The van der Waals surface area contributed by atoms with Crippen molar-refractivity contribution in [2.75, 3.05) is 5.32 Å². The zero-order valence-electron chi connectivity index (χ0n) is 17.9. The van der Waals surface area contributed by atoms with E-state index in [-0.39, 0.29) is 29.6 Å². The van der Waals surface area contributed by atoms with Gasteiger partial charge in [0.1, 0.15) is 28.8 Å². The number of nitrogens with zero attached hydrogens (tertiary/aromatic N) is 2. The molecule has 172 valence electrons. The molecular formula is C24H24F3N5O. The van der Waals surface area contributed by atoms with Gasteiger partial charge >= 0.3 is 0 Å². The van der Waals surface area contributed by atoms with Crippen molar-refractivity contribution in [2.45, 2.75) is 37.8 Å². The zero-order valence-corrected chi connectivity index (χ0v) is 17.9. The minimum Gasteiger partial charge on any atom is -0.326 e. The zero-order chi connectivity index (χ0) is 23.7. The molecule has 1 fully saturated rings. The Labute approximate surface area is 189 Å². The number of carbonyl (C=O) groups excluding carboxylic acids is 1. The smallest absolute Gasteiger partial charge is 0.274 e. The van der Waals surface area contributed by atoms with Crippen molar-refractivity contribution >= 4 is 11.6 Å². The number of halogens is 3. The van der Waals surface area contributed by atoms with Crippen LogP contribution in [0.4, 0.5) is 18.9 Å². The van der Waals surface area contributed by atoms with Crippen molar-refractivity contribution in [3.8, 4) is 11.3 Å². The third-order valence-electron chi connectivity index (χ3n) is 6.19. The highest BCUT2D eigenvalue weighted by Gasteiger charge is 2.33. The van der Waals surface area contributed by atoms with Crippen molar-refractivity contribution < 1.29 is 18.0 Å². The fourth-order valence-corrected chi connectivity index (χ4v) is 4.38. The van der Waals surface area contributed by atoms with E-state index < -0.39 is 34.6 Å². The van der Waals surface area contributed by atoms with Crippen LogP contribution in [0.25, 0.3) is 11.3 Å². The van der Waals surface area contributed by atoms with E-state index in [1.54, 1.807) is 6.20 Å². The molecule has 2 heterocycles. The maximum absolute atomic E-state index is 14.4. The number of aromatic nitrogens is 2. The summed E-state index contributed by atoms with van der Waals surface area (Å²) in [6.45, 7) is 2.04. The summed E-state index contributed by atoms with van der Waals surface area (Å²) < 4.78 is 42.7. The number of pyridine rings is 2. The monoisotopic (exact) mass is 455 g/mol. The number of hydrogen-bond donors (Lipinski definition) is 3. The van der Waals surface area contributed by atoms with Gasteiger partial charge in [0.2, 0.25) is 0 Å². The Balaban J connectivity index is 1.63. The molecule has 0 saturated heterocycles. The quantitative estimate of drug-likeness (QED) is 0.552. The van der Waals surface area contributed by atoms with Gasteiger partial charge < -0.3 is 16.8 Å². The van der Waals surface area contributed by atoms with Crippen LogP contribution in [0.3, 0.4) is 0 Å². The topological polar surface area (TPSA) is 107 Å². The van der Waals surface area contributed by atoms with Gasteiger partial charge in [-0.1, -0.05) is 13.0 Å². The summed E-state index contributed by atoms with van der Waals surface area (Å²) in [4.78, 5) is 20.9. The second kappa shape index (κ2) is 9.29. The van der Waals surface area contributed by atoms with Gasteiger partial charge in [-0.15, -0.1) is 0 Å². The molecule has 1 aromatic carbocycles. The summed E-state index contributed by atoms with van der Waals surface area (Å²) in [6.07, 6.45) is 4.60. The summed E-state index contributed by atoms with van der Waals surface area (Å²) in [5, 5.41) is 2.75. The van der Waals surface area contributed by atoms with Gasteiger partial charge in [-0.25, -0.2) is 18.2 Å². The SMILES string of the molecule is C[C@H]1C[C@@H](c2ccncc2NC(=O)c2ccc(F)c(-c3c(F)cccc3F)n2)C[C@@H](N)[C@@H]1N. The number of rotatable bonds is 4. The second-order valence-corrected chi connectivity index (χ2v) is 8.43. The van der Waals surface area contributed by atoms with Crippen LogP contribution in [0.15, 0.2) is 48.8 Å². The summed E-state index contributed by atoms with van der Waals surface area (Å²) >= 11 is 0. The Morgan fingerprint density at radius 3 is 2.45 bits per heavy atom. The third-order valence-corrected chi connectivity index (χ3v) is 6.19. The average molecular weight is 455 g/mol. The molecule has 0 radical (unpaired) electrons. The Morgan fingerprint density at radius 1 is 1.03 bits per heavy atom. The number of nitrogens with two attached hydrogens (primary N) is 2. The average Bonchev–Trinajstić information content (AvgIpc) is 2.78. The fourth-order valence-electron chi connectivity index (χ4n) is 4.38. The van der Waals surface area contributed by atoms with E-state index in [1.165, 1.54) is 6.20 Å². The van der Waals surface area contributed by atoms with Gasteiger partial charge in [-0.05, 0) is 60.6 Å². The Bertz CT molecular complexity index is 1160. The van der Waals surface area contributed by atoms with Crippen LogP contribution in [0.2, 0.25) is 0 Å². The molecule has 1 aliphatic carbocycles. The summed E-state index contributed by atoms with van der Waals surface area (Å²) in [7, 11) is 0. The van der Waals surface area contributed by atoms with Crippen LogP contribution in [-0.4, -0.2) is 28.0 Å². The molecule has 3 aromatic rings. The molecule has 4 rings (SSSR count). The normalized spacial score (nSPS) is 22.7. The molecular weight excluding hydrogens is 431 g/mol. The van der Waals surface area contributed by atoms with E-state index in [2.05, 4.69) is 15.3 Å². The maximum Gasteiger partial charge on any atom is 0.274 e. The second-order valence-electron chi connectivity index (χ2n) is 8.43. The minimum atomic E-state index is -0.977. The lowest BCUT2D eigenvalue weighted by atomic mass is 9.73. The van der Waals surface area contributed by atoms with E-state index in [1.807, 2.05) is 13.0 Å². The summed E-state index contributed by atoms with van der Waals surface area (Å²) in [5.74, 6) is -3.29. The predicted molar refractivity (Wildman–Crippen MR) is 119 cm³/mol. The van der Waals surface area contributed by atoms with Crippen LogP contribution in [-0.2, 0) is 0 Å². The van der Waals surface area contributed by atoms with Crippen molar-refractivity contribution in [1.29, 1.82) is 0 Å². The standard InChI is InChI=1S/C24H24F3N5O/c1-12-9-13(10-18(28)22(12)29)14-7-8-30-11-20(14)32-24(33)19-6-5-17(27)23(31-19)21-15(25)3-2-4-16(21)26/h2-8,11-13,18,22H,9-10,28-29H2,1H3,(H,32,33)/t12-,13+,18+,22+/m0/s1. The molecule has 0 unspecified atom stereocenters. The molecule has 5 N–H and O–H groups in total. The molecule has 1 amide bonds. The third kappa shape index (κ3) is 4.60. The number of amides is 1. The number of nitrogens with one attached hydrogen (secondary N) is 1. The lowest BCUT2D eigenvalue weighted by Gasteiger charge is -2.37. The van der Waals surface area contributed by atoms with Gasteiger partial charge in [0.05, 0.1) is 17.4 Å². The molecule has 9 heteroatoms. The lowest BCUT2D eigenvalue weighted by molar-refractivity contribution is 0.102. The van der Waals surface area contributed by atoms with E-state index in [4.69, 9.17) is 11.5 Å². The fraction of sp³-hybridized carbons (Fsp3) is 0.292. The first-order chi connectivity index (χ1) is 15.8. The van der Waals surface area contributed by atoms with E-state index in [9.17, 15) is 18.0 Å². The molecule has 4 atom stereocenters. The van der Waals surface area contributed by atoms with Crippen molar-refractivity contribution in [3.63, 3.8) is 0 Å². The van der Waals surface area contributed by atoms with Crippen LogP contribution in [0, 0.1) is 23.4 Å². The minimum absolute atomic E-state index is 0.0670. The van der Waals surface area contributed by atoms with Crippen LogP contribution in [0.1, 0.15) is 41.7 Å². The molecule has 0 spiro atoms. The highest BCUT2D eigenvalue weighted by atomic mass is 19.1. The number of benzene rings is 1. The van der Waals surface area contributed by atoms with Gasteiger partial charge in [0.15, 0.2) is 0 Å². The van der Waals surface area contributed by atoms with E-state index >= 15 is 0 Å². The molecule has 6 nitrogen and oxygen atoms in total. The highest BCUT2D eigenvalue weighted by molar-refractivity contribution is 6.03. The first-order valence-electron chi connectivity index (χ1n) is 10.6. The largest absolute Gasteiger partial charge is 0.326 e. The molecule has 0 bridgehead atoms. The molecule has 2 aromatic heterocycles. The highest BCUT2D eigenvalue weighted by Crippen LogP contribution is 2.38. The Morgan fingerprint density at radius 2 is 1.76 bits per heavy atom. The summed E-state index contributed by atoms with van der Waals surface area (Å²) in [5.41, 5.74) is 12.3. The maximum atomic E-state index is 14.4. The molecule has 33 heavy (non-hydrogen) atoms. The molecule has 1 saturated carbocycles. The predicted octanol–water partition coefficient (Wildman–Crippen LogP) is 3.98. The molecule has 0 aliphatic heterocycles. The van der Waals surface area contributed by atoms with Crippen molar-refractivity contribution in [3.05, 3.63) is 77.5 Å². The number of anilines is 1. The Hall–Kier alpha value is -3.30. The number of hydrogen-bond acceptors (Lipinski definition) is 5. The van der Waals surface area contributed by atoms with Gasteiger partial charge in [-0.2, -0.15) is 0 Å². The van der Waals surface area contributed by atoms with Crippen molar-refractivity contribution in [2.24, 2.45) is 17.4 Å². The van der Waals surface area contributed by atoms with E-state index in [0.29, 0.717) is 12.1 Å². The van der Waals surface area contributed by atoms with Crippen molar-refractivity contribution in [1.82, 2.24) is 9.97 Å². The Kier molecular flexibility index (Phi) is 6.44. The lowest BCUT2D eigenvalue weighted by Crippen LogP contribution is -2.50. The van der Waals surface area contributed by atoms with Gasteiger partial charge in [0.25, 0.3) is 5.91 Å². The van der Waals surface area contributed by atoms with E-state index in [0.717, 1.165) is 42.3 Å².